The lowest BCUT2D eigenvalue weighted by molar-refractivity contribution is 0.953. The summed E-state index contributed by atoms with van der Waals surface area (Å²) < 4.78 is 2.17. The summed E-state index contributed by atoms with van der Waals surface area (Å²) in [5.41, 5.74) is 3.94. The van der Waals surface area contributed by atoms with Gasteiger partial charge in [0.2, 0.25) is 5.95 Å². The molecule has 5 heteroatoms. The van der Waals surface area contributed by atoms with Crippen molar-refractivity contribution in [3.63, 3.8) is 0 Å². The Balaban J connectivity index is 1.44. The molecule has 0 spiro atoms. The minimum atomic E-state index is 0.580. The highest BCUT2D eigenvalue weighted by Gasteiger charge is 2.21. The van der Waals surface area contributed by atoms with Crippen LogP contribution in [0.5, 0.6) is 0 Å². The zero-order chi connectivity index (χ0) is 26.9. The molecule has 6 aromatic carbocycles. The van der Waals surface area contributed by atoms with E-state index in [1.165, 1.54) is 32.3 Å². The van der Waals surface area contributed by atoms with Gasteiger partial charge in [-0.25, -0.2) is 4.98 Å². The topological polar surface area (TPSA) is 56.5 Å². The smallest absolute Gasteiger partial charge is 0.238 e. The van der Waals surface area contributed by atoms with E-state index in [-0.39, 0.29) is 0 Å². The molecule has 0 radical (unpaired) electrons. The quantitative estimate of drug-likeness (QED) is 0.218. The summed E-state index contributed by atoms with van der Waals surface area (Å²) in [5, 5.41) is 9.70. The van der Waals surface area contributed by atoms with Gasteiger partial charge in [-0.3, -0.25) is 9.55 Å². The van der Waals surface area contributed by atoms with Crippen LogP contribution in [0.15, 0.2) is 128 Å². The summed E-state index contributed by atoms with van der Waals surface area (Å²) in [6.45, 7) is 0. The van der Waals surface area contributed by atoms with Gasteiger partial charge in [0.1, 0.15) is 0 Å². The monoisotopic (exact) mass is 523 g/mol. The molecule has 3 aromatic heterocycles. The molecular weight excluding hydrogens is 502 g/mol. The fraction of sp³-hybridized carbons (Fsp3) is 0. The van der Waals surface area contributed by atoms with E-state index in [9.17, 15) is 0 Å². The fourth-order valence-electron chi connectivity index (χ4n) is 6.27. The van der Waals surface area contributed by atoms with Gasteiger partial charge in [-0.1, -0.05) is 103 Å². The van der Waals surface area contributed by atoms with Crippen LogP contribution < -0.4 is 0 Å². The molecule has 0 atom stereocenters. The number of aromatic nitrogens is 5. The molecule has 0 fully saturated rings. The van der Waals surface area contributed by atoms with Crippen molar-refractivity contribution in [2.24, 2.45) is 0 Å². The Labute approximate surface area is 234 Å². The number of fused-ring (bicyclic) bond motifs is 4. The van der Waals surface area contributed by atoms with Crippen LogP contribution in [0.3, 0.4) is 0 Å². The van der Waals surface area contributed by atoms with Crippen molar-refractivity contribution in [2.45, 2.75) is 0 Å². The van der Waals surface area contributed by atoms with Gasteiger partial charge in [-0.2, -0.15) is 9.97 Å². The minimum Gasteiger partial charge on any atom is -0.278 e. The maximum Gasteiger partial charge on any atom is 0.238 e. The minimum absolute atomic E-state index is 0.580. The van der Waals surface area contributed by atoms with Crippen molar-refractivity contribution in [1.29, 1.82) is 0 Å². The number of nitrogens with zero attached hydrogens (tertiary/aromatic N) is 5. The third-order valence-electron chi connectivity index (χ3n) is 8.06. The largest absolute Gasteiger partial charge is 0.278 e. The summed E-state index contributed by atoms with van der Waals surface area (Å²) in [6.07, 6.45) is 3.80. The second kappa shape index (κ2) is 8.41. The van der Waals surface area contributed by atoms with Gasteiger partial charge in [-0.05, 0) is 44.5 Å². The Morgan fingerprint density at radius 1 is 0.463 bits per heavy atom. The first kappa shape index (κ1) is 22.2. The predicted molar refractivity (Wildman–Crippen MR) is 167 cm³/mol. The Hall–Kier alpha value is -5.68. The van der Waals surface area contributed by atoms with Gasteiger partial charge < -0.3 is 0 Å². The van der Waals surface area contributed by atoms with Gasteiger partial charge in [0.05, 0.1) is 11.0 Å². The summed E-state index contributed by atoms with van der Waals surface area (Å²) in [7, 11) is 0. The lowest BCUT2D eigenvalue weighted by atomic mass is 9.92. The van der Waals surface area contributed by atoms with E-state index in [0.29, 0.717) is 17.6 Å². The molecule has 0 N–H and O–H groups in total. The highest BCUT2D eigenvalue weighted by molar-refractivity contribution is 6.32. The average molecular weight is 524 g/mol. The van der Waals surface area contributed by atoms with E-state index in [2.05, 4.69) is 64.1 Å². The van der Waals surface area contributed by atoms with Gasteiger partial charge in [0, 0.05) is 34.3 Å². The Morgan fingerprint density at radius 3 is 1.83 bits per heavy atom. The van der Waals surface area contributed by atoms with Crippen molar-refractivity contribution in [2.75, 3.05) is 0 Å². The molecule has 190 valence electrons. The Kier molecular flexibility index (Phi) is 4.55. The molecular formula is C36H21N5. The number of hydrogen-bond acceptors (Lipinski definition) is 4. The first-order valence-corrected chi connectivity index (χ1v) is 13.7. The van der Waals surface area contributed by atoms with Crippen LogP contribution in [-0.2, 0) is 0 Å². The number of benzene rings is 6. The first-order valence-electron chi connectivity index (χ1n) is 13.7. The summed E-state index contributed by atoms with van der Waals surface area (Å²) in [6, 6.07) is 39.9. The molecule has 0 aliphatic rings. The molecule has 0 saturated heterocycles. The third-order valence-corrected chi connectivity index (χ3v) is 8.06. The van der Waals surface area contributed by atoms with Gasteiger partial charge in [0.25, 0.3) is 0 Å². The number of pyridine rings is 1. The molecule has 0 amide bonds. The fourth-order valence-corrected chi connectivity index (χ4v) is 6.27. The molecule has 3 heterocycles. The van der Waals surface area contributed by atoms with Gasteiger partial charge in [0.15, 0.2) is 11.6 Å². The summed E-state index contributed by atoms with van der Waals surface area (Å²) >= 11 is 0. The SMILES string of the molecule is c1ccc(-c2nc(-c3ccccc3)nc(-n3c4ccncc4c4c5ccc6cccc7ccc(cc43)c5c76)n2)cc1. The van der Waals surface area contributed by atoms with Crippen LogP contribution in [0.1, 0.15) is 0 Å². The van der Waals surface area contributed by atoms with E-state index in [4.69, 9.17) is 15.0 Å². The average Bonchev–Trinajstić information content (AvgIpc) is 3.38. The molecule has 0 saturated carbocycles. The normalized spacial score (nSPS) is 11.9. The van der Waals surface area contributed by atoms with E-state index in [0.717, 1.165) is 32.9 Å². The van der Waals surface area contributed by atoms with E-state index in [1.54, 1.807) is 0 Å². The molecule has 0 bridgehead atoms. The third kappa shape index (κ3) is 3.23. The zero-order valence-corrected chi connectivity index (χ0v) is 21.9. The van der Waals surface area contributed by atoms with E-state index < -0.39 is 0 Å². The number of rotatable bonds is 3. The highest BCUT2D eigenvalue weighted by atomic mass is 15.2. The lowest BCUT2D eigenvalue weighted by Crippen LogP contribution is -2.06. The second-order valence-electron chi connectivity index (χ2n) is 10.4. The van der Waals surface area contributed by atoms with Crippen LogP contribution in [-0.4, -0.2) is 24.5 Å². The van der Waals surface area contributed by atoms with Crippen LogP contribution in [0, 0.1) is 0 Å². The first-order chi connectivity index (χ1) is 20.3. The molecule has 5 nitrogen and oxygen atoms in total. The van der Waals surface area contributed by atoms with Crippen LogP contribution in [0.4, 0.5) is 0 Å². The molecule has 9 rings (SSSR count). The van der Waals surface area contributed by atoms with Gasteiger partial charge in [-0.15, -0.1) is 0 Å². The predicted octanol–water partition coefficient (Wildman–Crippen LogP) is 8.60. The zero-order valence-electron chi connectivity index (χ0n) is 21.9. The van der Waals surface area contributed by atoms with Crippen LogP contribution in [0.2, 0.25) is 0 Å². The number of hydrogen-bond donors (Lipinski definition) is 0. The molecule has 0 aliphatic heterocycles. The molecule has 41 heavy (non-hydrogen) atoms. The maximum atomic E-state index is 5.07. The van der Waals surface area contributed by atoms with Crippen molar-refractivity contribution >= 4 is 54.1 Å². The van der Waals surface area contributed by atoms with Crippen molar-refractivity contribution in [3.05, 3.63) is 128 Å². The van der Waals surface area contributed by atoms with Crippen LogP contribution >= 0.6 is 0 Å². The molecule has 0 aliphatic carbocycles. The summed E-state index contributed by atoms with van der Waals surface area (Å²) in [4.78, 5) is 19.6. The standard InChI is InChI=1S/C36H21N5/c1-3-8-24(9-4-1)34-38-35(25-10-5-2-6-11-25)40-36(39-34)41-29-18-19-37-21-28(29)33-27-17-16-23-13-7-12-22-14-15-26(20-30(33)41)32(27)31(22)23/h1-21H. The molecule has 0 unspecified atom stereocenters. The maximum absolute atomic E-state index is 5.07. The lowest BCUT2D eigenvalue weighted by Gasteiger charge is -2.13. The van der Waals surface area contributed by atoms with Crippen LogP contribution in [0.25, 0.3) is 82.8 Å². The van der Waals surface area contributed by atoms with E-state index >= 15 is 0 Å². The van der Waals surface area contributed by atoms with Crippen molar-refractivity contribution in [3.8, 4) is 28.7 Å². The van der Waals surface area contributed by atoms with Crippen molar-refractivity contribution in [1.82, 2.24) is 24.5 Å². The summed E-state index contributed by atoms with van der Waals surface area (Å²) in [5.74, 6) is 1.85. The Bertz CT molecular complexity index is 2340. The highest BCUT2D eigenvalue weighted by Crippen LogP contribution is 2.42. The van der Waals surface area contributed by atoms with Gasteiger partial charge >= 0.3 is 0 Å². The Morgan fingerprint density at radius 2 is 1.12 bits per heavy atom. The second-order valence-corrected chi connectivity index (χ2v) is 10.4. The van der Waals surface area contributed by atoms with Crippen molar-refractivity contribution < 1.29 is 0 Å². The van der Waals surface area contributed by atoms with E-state index in [1.807, 2.05) is 73.1 Å². The molecule has 9 aromatic rings.